The molecule has 0 saturated heterocycles. The first-order valence-electron chi connectivity index (χ1n) is 7.47. The Labute approximate surface area is 125 Å². The van der Waals surface area contributed by atoms with Crippen LogP contribution in [-0.4, -0.2) is 24.4 Å². The summed E-state index contributed by atoms with van der Waals surface area (Å²) in [7, 11) is 0. The van der Waals surface area contributed by atoms with Crippen LogP contribution in [0.2, 0.25) is 0 Å². The Bertz CT molecular complexity index is 516. The predicted molar refractivity (Wildman–Crippen MR) is 81.6 cm³/mol. The molecule has 1 aliphatic rings. The van der Waals surface area contributed by atoms with E-state index in [1.165, 1.54) is 0 Å². The summed E-state index contributed by atoms with van der Waals surface area (Å²) in [6.07, 6.45) is 4.40. The molecular formula is C16H23N3O2. The van der Waals surface area contributed by atoms with Crippen LogP contribution in [0.3, 0.4) is 0 Å². The van der Waals surface area contributed by atoms with Gasteiger partial charge in [0.05, 0.1) is 0 Å². The first-order valence-corrected chi connectivity index (χ1v) is 7.47. The molecule has 5 heteroatoms. The molecule has 0 radical (unpaired) electrons. The van der Waals surface area contributed by atoms with Crippen molar-refractivity contribution in [2.45, 2.75) is 38.1 Å². The number of nitrogens with one attached hydrogen (secondary N) is 1. The highest BCUT2D eigenvalue weighted by Gasteiger charge is 2.25. The molecule has 1 aromatic carbocycles. The molecule has 0 bridgehead atoms. The molecule has 0 unspecified atom stereocenters. The summed E-state index contributed by atoms with van der Waals surface area (Å²) in [4.78, 5) is 23.0. The normalized spacial score (nSPS) is 21.2. The molecule has 1 aromatic rings. The van der Waals surface area contributed by atoms with Gasteiger partial charge >= 0.3 is 0 Å². The Kier molecular flexibility index (Phi) is 5.33. The molecule has 0 aromatic heterocycles. The zero-order valence-electron chi connectivity index (χ0n) is 12.2. The maximum atomic E-state index is 11.9. The minimum Gasteiger partial charge on any atom is -0.366 e. The third-order valence-corrected chi connectivity index (χ3v) is 4.11. The lowest BCUT2D eigenvalue weighted by atomic mass is 10.00. The molecule has 0 aliphatic heterocycles. The molecule has 5 N–H and O–H groups in total. The molecule has 0 spiro atoms. The zero-order valence-corrected chi connectivity index (χ0v) is 12.2. The number of rotatable bonds is 6. The summed E-state index contributed by atoms with van der Waals surface area (Å²) in [6.45, 7) is 0.559. The van der Waals surface area contributed by atoms with Crippen LogP contribution in [0.5, 0.6) is 0 Å². The maximum absolute atomic E-state index is 11.9. The quantitative estimate of drug-likeness (QED) is 0.727. The summed E-state index contributed by atoms with van der Waals surface area (Å²) in [5.41, 5.74) is 12.7. The van der Waals surface area contributed by atoms with Gasteiger partial charge in [-0.25, -0.2) is 0 Å². The Morgan fingerprint density at radius 1 is 1.29 bits per heavy atom. The Balaban J connectivity index is 1.75. The first-order chi connectivity index (χ1) is 10.1. The van der Waals surface area contributed by atoms with E-state index >= 15 is 0 Å². The SMILES string of the molecule is NC(=O)c1cccc(CCNC(=O)C[C@@H]2CCC[C@H]2N)c1. The summed E-state index contributed by atoms with van der Waals surface area (Å²) < 4.78 is 0. The van der Waals surface area contributed by atoms with Gasteiger partial charge in [0.15, 0.2) is 0 Å². The average molecular weight is 289 g/mol. The number of primary amides is 1. The van der Waals surface area contributed by atoms with Crippen molar-refractivity contribution >= 4 is 11.8 Å². The number of carbonyl (C=O) groups is 2. The number of nitrogens with two attached hydrogens (primary N) is 2. The van der Waals surface area contributed by atoms with E-state index < -0.39 is 5.91 Å². The molecule has 5 nitrogen and oxygen atoms in total. The van der Waals surface area contributed by atoms with Gasteiger partial charge in [0.2, 0.25) is 11.8 Å². The minimum absolute atomic E-state index is 0.0587. The fourth-order valence-electron chi connectivity index (χ4n) is 2.86. The largest absolute Gasteiger partial charge is 0.366 e. The molecule has 21 heavy (non-hydrogen) atoms. The lowest BCUT2D eigenvalue weighted by molar-refractivity contribution is -0.122. The number of carbonyl (C=O) groups excluding carboxylic acids is 2. The van der Waals surface area contributed by atoms with Crippen molar-refractivity contribution in [3.05, 3.63) is 35.4 Å². The third kappa shape index (κ3) is 4.56. The van der Waals surface area contributed by atoms with Crippen molar-refractivity contribution in [3.63, 3.8) is 0 Å². The van der Waals surface area contributed by atoms with E-state index in [1.807, 2.05) is 6.07 Å². The van der Waals surface area contributed by atoms with E-state index in [-0.39, 0.29) is 11.9 Å². The fraction of sp³-hybridized carbons (Fsp3) is 0.500. The van der Waals surface area contributed by atoms with Gasteiger partial charge in [0.1, 0.15) is 0 Å². The lowest BCUT2D eigenvalue weighted by Crippen LogP contribution is -2.32. The van der Waals surface area contributed by atoms with Gasteiger partial charge in [0.25, 0.3) is 0 Å². The molecule has 2 rings (SSSR count). The van der Waals surface area contributed by atoms with Crippen molar-refractivity contribution in [2.24, 2.45) is 17.4 Å². The van der Waals surface area contributed by atoms with E-state index in [9.17, 15) is 9.59 Å². The second-order valence-electron chi connectivity index (χ2n) is 5.72. The first kappa shape index (κ1) is 15.5. The summed E-state index contributed by atoms with van der Waals surface area (Å²) in [5, 5.41) is 2.92. The molecule has 1 saturated carbocycles. The topological polar surface area (TPSA) is 98.2 Å². The van der Waals surface area contributed by atoms with Gasteiger partial charge in [0, 0.05) is 24.6 Å². The Morgan fingerprint density at radius 2 is 2.10 bits per heavy atom. The van der Waals surface area contributed by atoms with Crippen molar-refractivity contribution < 1.29 is 9.59 Å². The van der Waals surface area contributed by atoms with Crippen molar-refractivity contribution in [1.82, 2.24) is 5.32 Å². The van der Waals surface area contributed by atoms with Crippen molar-refractivity contribution in [1.29, 1.82) is 0 Å². The van der Waals surface area contributed by atoms with Crippen LogP contribution in [0.1, 0.15) is 41.6 Å². The van der Waals surface area contributed by atoms with E-state index in [0.29, 0.717) is 30.9 Å². The van der Waals surface area contributed by atoms with E-state index in [0.717, 1.165) is 24.8 Å². The van der Waals surface area contributed by atoms with E-state index in [2.05, 4.69) is 5.32 Å². The predicted octanol–water partition coefficient (Wildman–Crippen LogP) is 0.962. The van der Waals surface area contributed by atoms with E-state index in [4.69, 9.17) is 11.5 Å². The van der Waals surface area contributed by atoms with Crippen LogP contribution in [0.25, 0.3) is 0 Å². The molecule has 1 aliphatic carbocycles. The van der Waals surface area contributed by atoms with Crippen LogP contribution in [0, 0.1) is 5.92 Å². The second kappa shape index (κ2) is 7.22. The van der Waals surface area contributed by atoms with Crippen LogP contribution >= 0.6 is 0 Å². The van der Waals surface area contributed by atoms with Gasteiger partial charge < -0.3 is 16.8 Å². The number of benzene rings is 1. The third-order valence-electron chi connectivity index (χ3n) is 4.11. The van der Waals surface area contributed by atoms with Crippen LogP contribution in [0.4, 0.5) is 0 Å². The van der Waals surface area contributed by atoms with Gasteiger partial charge in [-0.15, -0.1) is 0 Å². The maximum Gasteiger partial charge on any atom is 0.248 e. The highest BCUT2D eigenvalue weighted by molar-refractivity contribution is 5.92. The number of hydrogen-bond donors (Lipinski definition) is 3. The molecule has 114 valence electrons. The molecule has 1 fully saturated rings. The Morgan fingerprint density at radius 3 is 2.76 bits per heavy atom. The Hall–Kier alpha value is -1.88. The van der Waals surface area contributed by atoms with Crippen LogP contribution in [-0.2, 0) is 11.2 Å². The smallest absolute Gasteiger partial charge is 0.248 e. The van der Waals surface area contributed by atoms with Crippen LogP contribution < -0.4 is 16.8 Å². The van der Waals surface area contributed by atoms with Gasteiger partial charge in [-0.1, -0.05) is 18.6 Å². The number of hydrogen-bond acceptors (Lipinski definition) is 3. The standard InChI is InChI=1S/C16H23N3O2/c17-14-6-2-4-12(14)10-15(20)19-8-7-11-3-1-5-13(9-11)16(18)21/h1,3,5,9,12,14H,2,4,6-8,10,17H2,(H2,18,21)(H,19,20)/t12-,14+/m0/s1. The van der Waals surface area contributed by atoms with Gasteiger partial charge in [-0.2, -0.15) is 0 Å². The highest BCUT2D eigenvalue weighted by atomic mass is 16.1. The van der Waals surface area contributed by atoms with Gasteiger partial charge in [-0.3, -0.25) is 9.59 Å². The summed E-state index contributed by atoms with van der Waals surface area (Å²) in [6, 6.07) is 7.34. The highest BCUT2D eigenvalue weighted by Crippen LogP contribution is 2.26. The fourth-order valence-corrected chi connectivity index (χ4v) is 2.86. The van der Waals surface area contributed by atoms with E-state index in [1.54, 1.807) is 18.2 Å². The monoisotopic (exact) mass is 289 g/mol. The second-order valence-corrected chi connectivity index (χ2v) is 5.72. The summed E-state index contributed by atoms with van der Waals surface area (Å²) >= 11 is 0. The molecule has 2 amide bonds. The number of amides is 2. The summed E-state index contributed by atoms with van der Waals surface area (Å²) in [5.74, 6) is -0.0531. The average Bonchev–Trinajstić information content (AvgIpc) is 2.84. The van der Waals surface area contributed by atoms with Crippen molar-refractivity contribution in [2.75, 3.05) is 6.54 Å². The molecule has 2 atom stereocenters. The molecule has 0 heterocycles. The van der Waals surface area contributed by atoms with Gasteiger partial charge in [-0.05, 0) is 42.9 Å². The lowest BCUT2D eigenvalue weighted by Gasteiger charge is -2.14. The van der Waals surface area contributed by atoms with Crippen LogP contribution in [0.15, 0.2) is 24.3 Å². The minimum atomic E-state index is -0.434. The zero-order chi connectivity index (χ0) is 15.2. The van der Waals surface area contributed by atoms with Crippen molar-refractivity contribution in [3.8, 4) is 0 Å². The molecular weight excluding hydrogens is 266 g/mol.